The van der Waals surface area contributed by atoms with Gasteiger partial charge in [0.05, 0.1) is 11.5 Å². The van der Waals surface area contributed by atoms with Gasteiger partial charge < -0.3 is 15.0 Å². The number of nitrogens with one attached hydrogen (secondary N) is 1. The maximum atomic E-state index is 12.5. The SMILES string of the molecule is CC(C)(C)OC(=O)N1CCC[C@@H](C(=O)Nc2ccc(C(F)(F)F)cn2)C1. The van der Waals surface area contributed by atoms with E-state index in [-0.39, 0.29) is 18.3 Å². The van der Waals surface area contributed by atoms with E-state index in [9.17, 15) is 22.8 Å². The van der Waals surface area contributed by atoms with Crippen molar-refractivity contribution in [2.45, 2.75) is 45.4 Å². The van der Waals surface area contributed by atoms with Gasteiger partial charge in [0.1, 0.15) is 11.4 Å². The quantitative estimate of drug-likeness (QED) is 0.858. The van der Waals surface area contributed by atoms with Crippen LogP contribution in [0, 0.1) is 5.92 Å². The summed E-state index contributed by atoms with van der Waals surface area (Å²) in [5.41, 5.74) is -1.51. The molecule has 2 heterocycles. The van der Waals surface area contributed by atoms with Gasteiger partial charge in [-0.1, -0.05) is 0 Å². The average molecular weight is 373 g/mol. The number of piperidine rings is 1. The summed E-state index contributed by atoms with van der Waals surface area (Å²) < 4.78 is 42.9. The van der Waals surface area contributed by atoms with Crippen molar-refractivity contribution in [2.75, 3.05) is 18.4 Å². The third-order valence-electron chi connectivity index (χ3n) is 3.79. The van der Waals surface area contributed by atoms with Crippen LogP contribution in [0.1, 0.15) is 39.2 Å². The standard InChI is InChI=1S/C17H22F3N3O3/c1-16(2,3)26-15(25)23-8-4-5-11(10-23)14(24)22-13-7-6-12(9-21-13)17(18,19)20/h6-7,9,11H,4-5,8,10H2,1-3H3,(H,21,22,24)/t11-/m1/s1. The number of carbonyl (C=O) groups excluding carboxylic acids is 2. The van der Waals surface area contributed by atoms with Gasteiger partial charge in [0.2, 0.25) is 5.91 Å². The third-order valence-corrected chi connectivity index (χ3v) is 3.79. The van der Waals surface area contributed by atoms with Crippen LogP contribution in [0.25, 0.3) is 0 Å². The number of aromatic nitrogens is 1. The van der Waals surface area contributed by atoms with Gasteiger partial charge in [0.25, 0.3) is 0 Å². The predicted molar refractivity (Wildman–Crippen MR) is 88.4 cm³/mol. The second-order valence-electron chi connectivity index (χ2n) is 7.18. The van der Waals surface area contributed by atoms with E-state index in [0.29, 0.717) is 25.6 Å². The molecule has 0 bridgehead atoms. The van der Waals surface area contributed by atoms with Crippen LogP contribution < -0.4 is 5.32 Å². The molecule has 1 aromatic heterocycles. The number of likely N-dealkylation sites (tertiary alicyclic amines) is 1. The van der Waals surface area contributed by atoms with Crippen molar-refractivity contribution >= 4 is 17.8 Å². The fourth-order valence-electron chi connectivity index (χ4n) is 2.55. The van der Waals surface area contributed by atoms with Crippen molar-refractivity contribution < 1.29 is 27.5 Å². The highest BCUT2D eigenvalue weighted by atomic mass is 19.4. The lowest BCUT2D eigenvalue weighted by molar-refractivity contribution is -0.137. The van der Waals surface area contributed by atoms with E-state index in [4.69, 9.17) is 4.74 Å². The van der Waals surface area contributed by atoms with Crippen molar-refractivity contribution in [3.63, 3.8) is 0 Å². The van der Waals surface area contributed by atoms with Crippen molar-refractivity contribution in [3.8, 4) is 0 Å². The zero-order chi connectivity index (χ0) is 19.5. The van der Waals surface area contributed by atoms with Crippen LogP contribution in [0.5, 0.6) is 0 Å². The van der Waals surface area contributed by atoms with E-state index >= 15 is 0 Å². The van der Waals surface area contributed by atoms with Crippen LogP contribution in [-0.2, 0) is 15.7 Å². The highest BCUT2D eigenvalue weighted by Crippen LogP contribution is 2.29. The zero-order valence-corrected chi connectivity index (χ0v) is 14.9. The van der Waals surface area contributed by atoms with Crippen molar-refractivity contribution in [1.82, 2.24) is 9.88 Å². The lowest BCUT2D eigenvalue weighted by Gasteiger charge is -2.33. The second-order valence-corrected chi connectivity index (χ2v) is 7.18. The molecule has 1 N–H and O–H groups in total. The number of hydrogen-bond donors (Lipinski definition) is 1. The molecule has 1 fully saturated rings. The van der Waals surface area contributed by atoms with Crippen LogP contribution >= 0.6 is 0 Å². The molecule has 2 rings (SSSR count). The number of anilines is 1. The van der Waals surface area contributed by atoms with Gasteiger partial charge in [-0.25, -0.2) is 9.78 Å². The van der Waals surface area contributed by atoms with Crippen LogP contribution in [0.3, 0.4) is 0 Å². The molecule has 1 saturated heterocycles. The molecular weight excluding hydrogens is 351 g/mol. The molecule has 0 spiro atoms. The summed E-state index contributed by atoms with van der Waals surface area (Å²) in [7, 11) is 0. The smallest absolute Gasteiger partial charge is 0.417 e. The molecule has 1 aliphatic heterocycles. The van der Waals surface area contributed by atoms with E-state index in [2.05, 4.69) is 10.3 Å². The average Bonchev–Trinajstić information content (AvgIpc) is 2.53. The van der Waals surface area contributed by atoms with Crippen molar-refractivity contribution in [3.05, 3.63) is 23.9 Å². The Labute approximate surface area is 149 Å². The van der Waals surface area contributed by atoms with Crippen molar-refractivity contribution in [2.24, 2.45) is 5.92 Å². The molecule has 0 aliphatic carbocycles. The Morgan fingerprint density at radius 3 is 2.50 bits per heavy atom. The number of pyridine rings is 1. The molecule has 2 amide bonds. The van der Waals surface area contributed by atoms with Crippen LogP contribution in [0.2, 0.25) is 0 Å². The number of nitrogens with zero attached hydrogens (tertiary/aromatic N) is 2. The topological polar surface area (TPSA) is 71.5 Å². The summed E-state index contributed by atoms with van der Waals surface area (Å²) in [4.78, 5) is 29.6. The summed E-state index contributed by atoms with van der Waals surface area (Å²) in [6.45, 7) is 5.97. The molecule has 1 aliphatic rings. The monoisotopic (exact) mass is 373 g/mol. The Kier molecular flexibility index (Phi) is 5.77. The fraction of sp³-hybridized carbons (Fsp3) is 0.588. The number of rotatable bonds is 2. The van der Waals surface area contributed by atoms with Gasteiger partial charge in [-0.2, -0.15) is 13.2 Å². The fourth-order valence-corrected chi connectivity index (χ4v) is 2.55. The summed E-state index contributed by atoms with van der Waals surface area (Å²) in [5.74, 6) is -0.816. The molecular formula is C17H22F3N3O3. The molecule has 144 valence electrons. The van der Waals surface area contributed by atoms with Gasteiger partial charge >= 0.3 is 12.3 Å². The van der Waals surface area contributed by atoms with Gasteiger partial charge in [-0.15, -0.1) is 0 Å². The van der Waals surface area contributed by atoms with Crippen molar-refractivity contribution in [1.29, 1.82) is 0 Å². The summed E-state index contributed by atoms with van der Waals surface area (Å²) in [6, 6.07) is 1.96. The first-order valence-electron chi connectivity index (χ1n) is 8.28. The minimum atomic E-state index is -4.48. The molecule has 0 saturated carbocycles. The molecule has 0 unspecified atom stereocenters. The van der Waals surface area contributed by atoms with Crippen LogP contribution in [0.15, 0.2) is 18.3 Å². The van der Waals surface area contributed by atoms with Crippen LogP contribution in [0.4, 0.5) is 23.8 Å². The first-order chi connectivity index (χ1) is 12.0. The molecule has 1 atom stereocenters. The second kappa shape index (κ2) is 7.51. The Balaban J connectivity index is 1.95. The number of halogens is 3. The third kappa shape index (κ3) is 5.60. The minimum absolute atomic E-state index is 0.0393. The first kappa shape index (κ1) is 20.0. The summed E-state index contributed by atoms with van der Waals surface area (Å²) in [6.07, 6.45) is -3.08. The number of carbonyl (C=O) groups is 2. The lowest BCUT2D eigenvalue weighted by Crippen LogP contribution is -2.45. The van der Waals surface area contributed by atoms with Crippen LogP contribution in [-0.4, -0.2) is 40.6 Å². The lowest BCUT2D eigenvalue weighted by atomic mass is 9.97. The molecule has 0 radical (unpaired) electrons. The molecule has 9 heteroatoms. The molecule has 0 aromatic carbocycles. The maximum Gasteiger partial charge on any atom is 0.417 e. The largest absolute Gasteiger partial charge is 0.444 e. The Morgan fingerprint density at radius 2 is 1.96 bits per heavy atom. The number of amides is 2. The summed E-state index contributed by atoms with van der Waals surface area (Å²) in [5, 5.41) is 2.50. The Bertz CT molecular complexity index is 654. The highest BCUT2D eigenvalue weighted by molar-refractivity contribution is 5.92. The van der Waals surface area contributed by atoms with E-state index < -0.39 is 29.4 Å². The van der Waals surface area contributed by atoms with Gasteiger partial charge in [-0.3, -0.25) is 4.79 Å². The molecule has 26 heavy (non-hydrogen) atoms. The van der Waals surface area contributed by atoms with E-state index in [1.807, 2.05) is 0 Å². The molecule has 6 nitrogen and oxygen atoms in total. The number of ether oxygens (including phenoxy) is 1. The Morgan fingerprint density at radius 1 is 1.27 bits per heavy atom. The van der Waals surface area contributed by atoms with Gasteiger partial charge in [-0.05, 0) is 45.7 Å². The van der Waals surface area contributed by atoms with E-state index in [1.165, 1.54) is 4.90 Å². The zero-order valence-electron chi connectivity index (χ0n) is 14.9. The number of alkyl halides is 3. The van der Waals surface area contributed by atoms with Gasteiger partial charge in [0.15, 0.2) is 0 Å². The minimum Gasteiger partial charge on any atom is -0.444 e. The highest BCUT2D eigenvalue weighted by Gasteiger charge is 2.32. The van der Waals surface area contributed by atoms with E-state index in [1.54, 1.807) is 20.8 Å². The number of hydrogen-bond acceptors (Lipinski definition) is 4. The van der Waals surface area contributed by atoms with E-state index in [0.717, 1.165) is 12.1 Å². The van der Waals surface area contributed by atoms with Gasteiger partial charge in [0, 0.05) is 19.3 Å². The summed E-state index contributed by atoms with van der Waals surface area (Å²) >= 11 is 0. The maximum absolute atomic E-state index is 12.5. The molecule has 1 aromatic rings. The Hall–Kier alpha value is -2.32. The first-order valence-corrected chi connectivity index (χ1v) is 8.28. The normalized spacial score (nSPS) is 18.4. The predicted octanol–water partition coefficient (Wildman–Crippen LogP) is 3.69.